The van der Waals surface area contributed by atoms with E-state index in [1.165, 1.54) is 0 Å². The molecule has 2 N–H and O–H groups in total. The summed E-state index contributed by atoms with van der Waals surface area (Å²) in [6.45, 7) is 0.0183. The number of ether oxygens (including phenoxy) is 1. The van der Waals surface area contributed by atoms with Crippen molar-refractivity contribution < 1.29 is 14.9 Å². The average molecular weight is 222 g/mol. The zero-order valence-electron chi connectivity index (χ0n) is 9.30. The van der Waals surface area contributed by atoms with E-state index in [2.05, 4.69) is 0 Å². The smallest absolute Gasteiger partial charge is 0.124 e. The minimum absolute atomic E-state index is 0.0183. The molecule has 0 unspecified atom stereocenters. The van der Waals surface area contributed by atoms with Crippen molar-refractivity contribution >= 4 is 0 Å². The Bertz CT molecular complexity index is 338. The van der Waals surface area contributed by atoms with Gasteiger partial charge in [-0.05, 0) is 37.0 Å². The summed E-state index contributed by atoms with van der Waals surface area (Å²) in [5, 5.41) is 18.8. The predicted molar refractivity (Wildman–Crippen MR) is 61.3 cm³/mol. The van der Waals surface area contributed by atoms with Crippen LogP contribution in [0.2, 0.25) is 0 Å². The van der Waals surface area contributed by atoms with Crippen molar-refractivity contribution in [1.82, 2.24) is 0 Å². The number of aliphatic hydroxyl groups is 2. The van der Waals surface area contributed by atoms with Gasteiger partial charge in [0.2, 0.25) is 0 Å². The van der Waals surface area contributed by atoms with Crippen LogP contribution in [0.15, 0.2) is 24.3 Å². The van der Waals surface area contributed by atoms with Crippen molar-refractivity contribution in [3.63, 3.8) is 0 Å². The van der Waals surface area contributed by atoms with Crippen LogP contribution in [-0.2, 0) is 6.61 Å². The third kappa shape index (κ3) is 2.74. The highest BCUT2D eigenvalue weighted by Gasteiger charge is 2.24. The topological polar surface area (TPSA) is 49.7 Å². The van der Waals surface area contributed by atoms with Crippen LogP contribution in [0.4, 0.5) is 0 Å². The molecular formula is C13H18O3. The van der Waals surface area contributed by atoms with E-state index >= 15 is 0 Å². The molecule has 1 aliphatic rings. The van der Waals surface area contributed by atoms with Crippen LogP contribution in [0.3, 0.4) is 0 Å². The molecule has 0 bridgehead atoms. The molecule has 1 fully saturated rings. The van der Waals surface area contributed by atoms with E-state index in [1.807, 2.05) is 24.3 Å². The molecule has 3 heteroatoms. The number of hydrogen-bond donors (Lipinski definition) is 2. The quantitative estimate of drug-likeness (QED) is 0.820. The second-order valence-electron chi connectivity index (χ2n) is 4.31. The first kappa shape index (κ1) is 11.4. The van der Waals surface area contributed by atoms with Gasteiger partial charge >= 0.3 is 0 Å². The average Bonchev–Trinajstić information content (AvgIpc) is 2.32. The van der Waals surface area contributed by atoms with Gasteiger partial charge in [0.1, 0.15) is 11.9 Å². The highest BCUT2D eigenvalue weighted by atomic mass is 16.5. The summed E-state index contributed by atoms with van der Waals surface area (Å²) in [7, 11) is 0. The Morgan fingerprint density at radius 2 is 2.06 bits per heavy atom. The van der Waals surface area contributed by atoms with Gasteiger partial charge in [-0.25, -0.2) is 0 Å². The van der Waals surface area contributed by atoms with Crippen molar-refractivity contribution in [3.8, 4) is 5.75 Å². The first-order valence-electron chi connectivity index (χ1n) is 5.84. The molecule has 0 heterocycles. The Morgan fingerprint density at radius 1 is 1.25 bits per heavy atom. The predicted octanol–water partition coefficient (Wildman–Crippen LogP) is 1.86. The zero-order chi connectivity index (χ0) is 11.4. The maximum absolute atomic E-state index is 9.78. The Kier molecular flexibility index (Phi) is 3.80. The summed E-state index contributed by atoms with van der Waals surface area (Å²) in [5.74, 6) is 0.734. The lowest BCUT2D eigenvalue weighted by Crippen LogP contribution is -2.34. The summed E-state index contributed by atoms with van der Waals surface area (Å²) >= 11 is 0. The van der Waals surface area contributed by atoms with Crippen molar-refractivity contribution in [3.05, 3.63) is 29.8 Å². The largest absolute Gasteiger partial charge is 0.488 e. The van der Waals surface area contributed by atoms with E-state index in [0.717, 1.165) is 37.0 Å². The summed E-state index contributed by atoms with van der Waals surface area (Å²) in [5.41, 5.74) is 0.836. The summed E-state index contributed by atoms with van der Waals surface area (Å²) < 4.78 is 5.75. The van der Waals surface area contributed by atoms with E-state index in [9.17, 15) is 5.11 Å². The summed E-state index contributed by atoms with van der Waals surface area (Å²) in [6.07, 6.45) is 3.47. The Hall–Kier alpha value is -1.06. The van der Waals surface area contributed by atoms with Crippen LogP contribution < -0.4 is 4.74 Å². The molecule has 1 aromatic carbocycles. The minimum atomic E-state index is -0.355. The lowest BCUT2D eigenvalue weighted by atomic mass is 9.95. The fraction of sp³-hybridized carbons (Fsp3) is 0.538. The standard InChI is InChI=1S/C13H18O3/c14-9-10-4-3-5-11(8-10)16-13-7-2-1-6-12(13)15/h3-5,8,12-15H,1-2,6-7,9H2/t12-,13-/m0/s1. The molecule has 1 aliphatic carbocycles. The fourth-order valence-corrected chi connectivity index (χ4v) is 2.11. The molecular weight excluding hydrogens is 204 g/mol. The number of benzene rings is 1. The highest BCUT2D eigenvalue weighted by Crippen LogP contribution is 2.24. The van der Waals surface area contributed by atoms with E-state index in [0.29, 0.717) is 0 Å². The van der Waals surface area contributed by atoms with Gasteiger partial charge in [-0.2, -0.15) is 0 Å². The molecule has 2 rings (SSSR count). The molecule has 88 valence electrons. The normalized spacial score (nSPS) is 25.4. The monoisotopic (exact) mass is 222 g/mol. The second kappa shape index (κ2) is 5.32. The first-order chi connectivity index (χ1) is 7.79. The van der Waals surface area contributed by atoms with Gasteiger partial charge in [0.15, 0.2) is 0 Å². The van der Waals surface area contributed by atoms with E-state index in [4.69, 9.17) is 9.84 Å². The lowest BCUT2D eigenvalue weighted by Gasteiger charge is -2.28. The fourth-order valence-electron chi connectivity index (χ4n) is 2.11. The van der Waals surface area contributed by atoms with Crippen LogP contribution in [0.25, 0.3) is 0 Å². The van der Waals surface area contributed by atoms with Gasteiger partial charge in [-0.15, -0.1) is 0 Å². The summed E-state index contributed by atoms with van der Waals surface area (Å²) in [6, 6.07) is 7.39. The van der Waals surface area contributed by atoms with E-state index in [1.54, 1.807) is 0 Å². The number of hydrogen-bond acceptors (Lipinski definition) is 3. The number of rotatable bonds is 3. The third-order valence-electron chi connectivity index (χ3n) is 3.04. The Morgan fingerprint density at radius 3 is 2.81 bits per heavy atom. The SMILES string of the molecule is OCc1cccc(O[C@H]2CCCC[C@@H]2O)c1. The molecule has 0 amide bonds. The van der Waals surface area contributed by atoms with Crippen LogP contribution in [0, 0.1) is 0 Å². The maximum Gasteiger partial charge on any atom is 0.124 e. The van der Waals surface area contributed by atoms with Crippen molar-refractivity contribution in [2.75, 3.05) is 0 Å². The van der Waals surface area contributed by atoms with Gasteiger partial charge in [-0.3, -0.25) is 0 Å². The van der Waals surface area contributed by atoms with Crippen LogP contribution in [-0.4, -0.2) is 22.4 Å². The second-order valence-corrected chi connectivity index (χ2v) is 4.31. The Labute approximate surface area is 95.7 Å². The molecule has 0 aromatic heterocycles. The van der Waals surface area contributed by atoms with Gasteiger partial charge in [-0.1, -0.05) is 18.6 Å². The molecule has 2 atom stereocenters. The van der Waals surface area contributed by atoms with E-state index in [-0.39, 0.29) is 18.8 Å². The van der Waals surface area contributed by atoms with Gasteiger partial charge in [0.05, 0.1) is 12.7 Å². The van der Waals surface area contributed by atoms with E-state index < -0.39 is 0 Å². The van der Waals surface area contributed by atoms with Crippen molar-refractivity contribution in [2.24, 2.45) is 0 Å². The maximum atomic E-state index is 9.78. The molecule has 1 saturated carbocycles. The lowest BCUT2D eigenvalue weighted by molar-refractivity contribution is 0.00680. The minimum Gasteiger partial charge on any atom is -0.488 e. The third-order valence-corrected chi connectivity index (χ3v) is 3.04. The number of aliphatic hydroxyl groups excluding tert-OH is 2. The Balaban J connectivity index is 2.01. The zero-order valence-corrected chi connectivity index (χ0v) is 9.30. The molecule has 0 radical (unpaired) electrons. The van der Waals surface area contributed by atoms with Crippen LogP contribution in [0.1, 0.15) is 31.2 Å². The van der Waals surface area contributed by atoms with Crippen LogP contribution >= 0.6 is 0 Å². The van der Waals surface area contributed by atoms with Gasteiger partial charge < -0.3 is 14.9 Å². The van der Waals surface area contributed by atoms with Gasteiger partial charge in [0.25, 0.3) is 0 Å². The molecule has 0 saturated heterocycles. The first-order valence-corrected chi connectivity index (χ1v) is 5.84. The van der Waals surface area contributed by atoms with Crippen molar-refractivity contribution in [2.45, 2.75) is 44.5 Å². The van der Waals surface area contributed by atoms with Crippen molar-refractivity contribution in [1.29, 1.82) is 0 Å². The molecule has 3 nitrogen and oxygen atoms in total. The van der Waals surface area contributed by atoms with Crippen LogP contribution in [0.5, 0.6) is 5.75 Å². The molecule has 0 spiro atoms. The molecule has 1 aromatic rings. The molecule has 0 aliphatic heterocycles. The van der Waals surface area contributed by atoms with Gasteiger partial charge in [0, 0.05) is 0 Å². The molecule has 16 heavy (non-hydrogen) atoms. The summed E-state index contributed by atoms with van der Waals surface area (Å²) in [4.78, 5) is 0. The highest BCUT2D eigenvalue weighted by molar-refractivity contribution is 5.28.